The molecule has 0 saturated heterocycles. The van der Waals surface area contributed by atoms with Crippen molar-refractivity contribution in [2.24, 2.45) is 0 Å². The molecule has 0 amide bonds. The van der Waals surface area contributed by atoms with Crippen LogP contribution in [-0.2, 0) is 10.0 Å². The predicted octanol–water partition coefficient (Wildman–Crippen LogP) is 3.93. The molecule has 0 bridgehead atoms. The molecular weight excluding hydrogens is 312 g/mol. The van der Waals surface area contributed by atoms with Gasteiger partial charge in [-0.1, -0.05) is 35.3 Å². The molecule has 0 atom stereocenters. The van der Waals surface area contributed by atoms with Gasteiger partial charge in [-0.05, 0) is 30.3 Å². The average Bonchev–Trinajstić information content (AvgIpc) is 2.31. The lowest BCUT2D eigenvalue weighted by Crippen LogP contribution is -2.14. The van der Waals surface area contributed by atoms with Gasteiger partial charge in [0, 0.05) is 5.02 Å². The molecular formula is C12H8Cl2FNO2S. The van der Waals surface area contributed by atoms with Gasteiger partial charge in [0.25, 0.3) is 10.0 Å². The molecule has 3 nitrogen and oxygen atoms in total. The van der Waals surface area contributed by atoms with Gasteiger partial charge in [0.05, 0.1) is 10.7 Å². The molecule has 0 unspecified atom stereocenters. The minimum Gasteiger partial charge on any atom is -0.278 e. The predicted molar refractivity (Wildman–Crippen MR) is 73.7 cm³/mol. The van der Waals surface area contributed by atoms with Gasteiger partial charge in [-0.3, -0.25) is 4.72 Å². The Morgan fingerprint density at radius 1 is 1.05 bits per heavy atom. The SMILES string of the molecule is O=S(=O)(Nc1ccccc1Cl)c1ccc(Cl)cc1F. The van der Waals surface area contributed by atoms with E-state index in [4.69, 9.17) is 23.2 Å². The number of sulfonamides is 1. The van der Waals surface area contributed by atoms with E-state index in [-0.39, 0.29) is 15.7 Å². The molecule has 0 spiro atoms. The largest absolute Gasteiger partial charge is 0.278 e. The number of para-hydroxylation sites is 1. The van der Waals surface area contributed by atoms with Crippen LogP contribution in [-0.4, -0.2) is 8.42 Å². The second kappa shape index (κ2) is 5.36. The molecule has 0 radical (unpaired) electrons. The summed E-state index contributed by atoms with van der Waals surface area (Å²) in [4.78, 5) is -0.489. The third kappa shape index (κ3) is 3.18. The van der Waals surface area contributed by atoms with Gasteiger partial charge >= 0.3 is 0 Å². The van der Waals surface area contributed by atoms with Crippen LogP contribution in [0.1, 0.15) is 0 Å². The molecule has 0 heterocycles. The molecule has 2 aromatic rings. The quantitative estimate of drug-likeness (QED) is 0.931. The topological polar surface area (TPSA) is 46.2 Å². The van der Waals surface area contributed by atoms with Crippen molar-refractivity contribution in [3.63, 3.8) is 0 Å². The fraction of sp³-hybridized carbons (Fsp3) is 0. The highest BCUT2D eigenvalue weighted by Crippen LogP contribution is 2.25. The number of hydrogen-bond acceptors (Lipinski definition) is 2. The third-order valence-electron chi connectivity index (χ3n) is 2.30. The maximum atomic E-state index is 13.6. The molecule has 0 aromatic heterocycles. The Morgan fingerprint density at radius 2 is 1.74 bits per heavy atom. The van der Waals surface area contributed by atoms with Crippen LogP contribution in [0.25, 0.3) is 0 Å². The average molecular weight is 320 g/mol. The summed E-state index contributed by atoms with van der Waals surface area (Å²) in [6.07, 6.45) is 0. The first-order valence-corrected chi connectivity index (χ1v) is 7.36. The highest BCUT2D eigenvalue weighted by atomic mass is 35.5. The number of rotatable bonds is 3. The Labute approximate surface area is 120 Å². The maximum absolute atomic E-state index is 13.6. The number of nitrogens with one attached hydrogen (secondary N) is 1. The van der Waals surface area contributed by atoms with Gasteiger partial charge < -0.3 is 0 Å². The minimum absolute atomic E-state index is 0.120. The van der Waals surface area contributed by atoms with Gasteiger partial charge in [0.15, 0.2) is 0 Å². The molecule has 100 valence electrons. The third-order valence-corrected chi connectivity index (χ3v) is 4.27. The summed E-state index contributed by atoms with van der Waals surface area (Å²) in [6.45, 7) is 0. The standard InChI is InChI=1S/C12H8Cl2FNO2S/c13-8-5-6-12(10(15)7-8)19(17,18)16-11-4-2-1-3-9(11)14/h1-7,16H. The van der Waals surface area contributed by atoms with Crippen molar-refractivity contribution >= 4 is 38.9 Å². The van der Waals surface area contributed by atoms with Gasteiger partial charge in [-0.15, -0.1) is 0 Å². The van der Waals surface area contributed by atoms with Crippen LogP contribution in [0.5, 0.6) is 0 Å². The highest BCUT2D eigenvalue weighted by molar-refractivity contribution is 7.92. The molecule has 0 aliphatic heterocycles. The zero-order valence-electron chi connectivity index (χ0n) is 9.40. The Hall–Kier alpha value is -1.30. The number of hydrogen-bond donors (Lipinski definition) is 1. The van der Waals surface area contributed by atoms with Crippen LogP contribution in [0.4, 0.5) is 10.1 Å². The molecule has 2 rings (SSSR count). The van der Waals surface area contributed by atoms with Gasteiger partial charge in [-0.25, -0.2) is 12.8 Å². The minimum atomic E-state index is -4.05. The van der Waals surface area contributed by atoms with Crippen molar-refractivity contribution in [2.45, 2.75) is 4.90 Å². The molecule has 0 aliphatic carbocycles. The molecule has 0 aliphatic rings. The Balaban J connectivity index is 2.41. The lowest BCUT2D eigenvalue weighted by Gasteiger charge is -2.10. The zero-order valence-corrected chi connectivity index (χ0v) is 11.7. The number of anilines is 1. The first-order valence-electron chi connectivity index (χ1n) is 5.12. The highest BCUT2D eigenvalue weighted by Gasteiger charge is 2.20. The molecule has 1 N–H and O–H groups in total. The van der Waals surface area contributed by atoms with E-state index >= 15 is 0 Å². The summed E-state index contributed by atoms with van der Waals surface area (Å²) in [5.74, 6) is -0.924. The van der Waals surface area contributed by atoms with Crippen molar-refractivity contribution in [3.8, 4) is 0 Å². The summed E-state index contributed by atoms with van der Waals surface area (Å²) in [5, 5.41) is 0.342. The summed E-state index contributed by atoms with van der Waals surface area (Å²) in [6, 6.07) is 9.60. The Bertz CT molecular complexity index is 719. The smallest absolute Gasteiger partial charge is 0.264 e. The number of halogens is 3. The van der Waals surface area contributed by atoms with Crippen LogP contribution < -0.4 is 4.72 Å². The van der Waals surface area contributed by atoms with E-state index in [9.17, 15) is 12.8 Å². The number of benzene rings is 2. The van der Waals surface area contributed by atoms with Crippen molar-refractivity contribution in [2.75, 3.05) is 4.72 Å². The van der Waals surface area contributed by atoms with Crippen LogP contribution in [0, 0.1) is 5.82 Å². The van der Waals surface area contributed by atoms with E-state index in [2.05, 4.69) is 4.72 Å². The summed E-state index contributed by atoms with van der Waals surface area (Å²) < 4.78 is 39.9. The maximum Gasteiger partial charge on any atom is 0.264 e. The molecule has 0 fully saturated rings. The lowest BCUT2D eigenvalue weighted by atomic mass is 10.3. The van der Waals surface area contributed by atoms with Crippen LogP contribution in [0.15, 0.2) is 47.4 Å². The molecule has 7 heteroatoms. The van der Waals surface area contributed by atoms with E-state index in [1.807, 2.05) is 0 Å². The summed E-state index contributed by atoms with van der Waals surface area (Å²) in [7, 11) is -4.05. The van der Waals surface area contributed by atoms with Crippen molar-refractivity contribution in [1.82, 2.24) is 0 Å². The van der Waals surface area contributed by atoms with E-state index < -0.39 is 20.7 Å². The second-order valence-electron chi connectivity index (χ2n) is 3.66. The second-order valence-corrected chi connectivity index (χ2v) is 6.15. The van der Waals surface area contributed by atoms with Gasteiger partial charge in [0.2, 0.25) is 0 Å². The monoisotopic (exact) mass is 319 g/mol. The summed E-state index contributed by atoms with van der Waals surface area (Å²) in [5.41, 5.74) is 0.179. The normalized spacial score (nSPS) is 11.3. The molecule has 0 saturated carbocycles. The fourth-order valence-electron chi connectivity index (χ4n) is 1.44. The van der Waals surface area contributed by atoms with E-state index in [1.165, 1.54) is 18.2 Å². The first-order chi connectivity index (χ1) is 8.90. The fourth-order valence-corrected chi connectivity index (χ4v) is 2.97. The summed E-state index contributed by atoms with van der Waals surface area (Å²) >= 11 is 11.4. The van der Waals surface area contributed by atoms with Crippen LogP contribution in [0.3, 0.4) is 0 Å². The molecule has 2 aromatic carbocycles. The van der Waals surface area contributed by atoms with E-state index in [0.29, 0.717) is 0 Å². The zero-order chi connectivity index (χ0) is 14.0. The van der Waals surface area contributed by atoms with Crippen LogP contribution in [0.2, 0.25) is 10.0 Å². The Kier molecular flexibility index (Phi) is 3.99. The van der Waals surface area contributed by atoms with Gasteiger partial charge in [-0.2, -0.15) is 0 Å². The Morgan fingerprint density at radius 3 is 2.37 bits per heavy atom. The van der Waals surface area contributed by atoms with Crippen LogP contribution >= 0.6 is 23.2 Å². The molecule has 19 heavy (non-hydrogen) atoms. The van der Waals surface area contributed by atoms with Crippen molar-refractivity contribution < 1.29 is 12.8 Å². The first kappa shape index (κ1) is 14.1. The van der Waals surface area contributed by atoms with Crippen molar-refractivity contribution in [3.05, 3.63) is 58.3 Å². The van der Waals surface area contributed by atoms with Gasteiger partial charge in [0.1, 0.15) is 10.7 Å². The van der Waals surface area contributed by atoms with E-state index in [1.54, 1.807) is 12.1 Å². The lowest BCUT2D eigenvalue weighted by molar-refractivity contribution is 0.570. The van der Waals surface area contributed by atoms with E-state index in [0.717, 1.165) is 12.1 Å². The van der Waals surface area contributed by atoms with Crippen molar-refractivity contribution in [1.29, 1.82) is 0 Å².